The summed E-state index contributed by atoms with van der Waals surface area (Å²) in [5, 5.41) is 0. The zero-order valence-corrected chi connectivity index (χ0v) is 29.7. The molecule has 0 radical (unpaired) electrons. The molecule has 0 aromatic heterocycles. The van der Waals surface area contributed by atoms with Gasteiger partial charge in [0, 0.05) is 6.61 Å². The summed E-state index contributed by atoms with van der Waals surface area (Å²) in [7, 11) is 0. The monoisotopic (exact) mass is 692 g/mol. The predicted octanol–water partition coefficient (Wildman–Crippen LogP) is 3.31. The van der Waals surface area contributed by atoms with Gasteiger partial charge in [-0.15, -0.1) is 0 Å². The van der Waals surface area contributed by atoms with Crippen molar-refractivity contribution in [3.05, 3.63) is 30.3 Å². The Morgan fingerprint density at radius 2 is 0.604 bits per heavy atom. The van der Waals surface area contributed by atoms with Crippen LogP contribution in [0, 0.1) is 5.92 Å². The zero-order valence-electron chi connectivity index (χ0n) is 29.7. The van der Waals surface area contributed by atoms with Crippen molar-refractivity contribution in [2.24, 2.45) is 5.92 Å². The Balaban J connectivity index is 1.61. The van der Waals surface area contributed by atoms with Crippen molar-refractivity contribution in [1.29, 1.82) is 0 Å². The SMILES string of the molecule is CCC(C)COCCOCCOCCOCCOCCOCCOCCOCCOCCOCCOCCOCCOc1ccccc1. The summed E-state index contributed by atoms with van der Waals surface area (Å²) in [6, 6.07) is 9.68. The summed E-state index contributed by atoms with van der Waals surface area (Å²) in [5.74, 6) is 1.44. The molecule has 48 heavy (non-hydrogen) atoms. The van der Waals surface area contributed by atoms with Gasteiger partial charge in [0.05, 0.1) is 152 Å². The quantitative estimate of drug-likeness (QED) is 0.0937. The molecule has 0 heterocycles. The van der Waals surface area contributed by atoms with E-state index in [1.165, 1.54) is 0 Å². The van der Waals surface area contributed by atoms with Crippen molar-refractivity contribution >= 4 is 0 Å². The molecular weight excluding hydrogens is 628 g/mol. The topological polar surface area (TPSA) is 120 Å². The third-order valence-electron chi connectivity index (χ3n) is 6.43. The van der Waals surface area contributed by atoms with E-state index in [0.29, 0.717) is 164 Å². The van der Waals surface area contributed by atoms with E-state index in [1.807, 2.05) is 30.3 Å². The Kier molecular flexibility index (Phi) is 35.6. The Morgan fingerprint density at radius 1 is 0.354 bits per heavy atom. The van der Waals surface area contributed by atoms with Crippen LogP contribution in [0.25, 0.3) is 0 Å². The van der Waals surface area contributed by atoms with Gasteiger partial charge in [0.1, 0.15) is 12.4 Å². The van der Waals surface area contributed by atoms with Crippen LogP contribution in [-0.2, 0) is 56.8 Å². The lowest BCUT2D eigenvalue weighted by Gasteiger charge is -2.10. The maximum absolute atomic E-state index is 5.56. The van der Waals surface area contributed by atoms with E-state index in [9.17, 15) is 0 Å². The highest BCUT2D eigenvalue weighted by Crippen LogP contribution is 2.07. The summed E-state index contributed by atoms with van der Waals surface area (Å²) in [4.78, 5) is 0. The normalized spacial score (nSPS) is 12.1. The third-order valence-corrected chi connectivity index (χ3v) is 6.43. The average molecular weight is 693 g/mol. The second kappa shape index (κ2) is 38.3. The van der Waals surface area contributed by atoms with Crippen molar-refractivity contribution < 1.29 is 61.6 Å². The van der Waals surface area contributed by atoms with Crippen LogP contribution in [-0.4, -0.2) is 165 Å². The summed E-state index contributed by atoms with van der Waals surface area (Å²) < 4.78 is 71.4. The Labute approximate surface area is 288 Å². The molecule has 0 aliphatic carbocycles. The first-order valence-corrected chi connectivity index (χ1v) is 17.4. The highest BCUT2D eigenvalue weighted by molar-refractivity contribution is 5.20. The molecule has 13 nitrogen and oxygen atoms in total. The Morgan fingerprint density at radius 3 is 0.875 bits per heavy atom. The van der Waals surface area contributed by atoms with Crippen molar-refractivity contribution in [3.8, 4) is 5.75 Å². The number of ether oxygens (including phenoxy) is 13. The maximum atomic E-state index is 5.56. The van der Waals surface area contributed by atoms with Gasteiger partial charge in [-0.25, -0.2) is 0 Å². The van der Waals surface area contributed by atoms with Crippen molar-refractivity contribution in [2.45, 2.75) is 20.3 Å². The fourth-order valence-electron chi connectivity index (χ4n) is 3.56. The average Bonchev–Trinajstić information content (AvgIpc) is 3.11. The number of hydrogen-bond acceptors (Lipinski definition) is 13. The Bertz CT molecular complexity index is 732. The Hall–Kier alpha value is -1.46. The van der Waals surface area contributed by atoms with E-state index < -0.39 is 0 Å². The summed E-state index contributed by atoms with van der Waals surface area (Å²) >= 11 is 0. The van der Waals surface area contributed by atoms with Crippen LogP contribution in [0.5, 0.6) is 5.75 Å². The second-order valence-electron chi connectivity index (χ2n) is 10.5. The van der Waals surface area contributed by atoms with Gasteiger partial charge >= 0.3 is 0 Å². The molecule has 0 saturated heterocycles. The molecule has 0 amide bonds. The van der Waals surface area contributed by atoms with E-state index >= 15 is 0 Å². The minimum absolute atomic E-state index is 0.511. The maximum Gasteiger partial charge on any atom is 0.119 e. The van der Waals surface area contributed by atoms with Gasteiger partial charge in [0.2, 0.25) is 0 Å². The lowest BCUT2D eigenvalue weighted by atomic mass is 10.1. The van der Waals surface area contributed by atoms with E-state index in [-0.39, 0.29) is 0 Å². The zero-order chi connectivity index (χ0) is 34.3. The van der Waals surface area contributed by atoms with E-state index in [4.69, 9.17) is 61.6 Å². The predicted molar refractivity (Wildman–Crippen MR) is 181 cm³/mol. The molecule has 0 spiro atoms. The first kappa shape index (κ1) is 44.6. The first-order valence-electron chi connectivity index (χ1n) is 17.4. The molecule has 0 saturated carbocycles. The minimum atomic E-state index is 0.511. The second-order valence-corrected chi connectivity index (χ2v) is 10.5. The fraction of sp³-hybridized carbons (Fsp3) is 0.829. The lowest BCUT2D eigenvalue weighted by molar-refractivity contribution is -0.0287. The molecule has 1 rings (SSSR count). The molecule has 0 N–H and O–H groups in total. The first-order chi connectivity index (χ1) is 23.8. The molecule has 1 unspecified atom stereocenters. The standard InChI is InChI=1S/C35H64O13/c1-3-34(2)33-47-30-29-45-26-25-43-22-21-41-18-17-39-14-13-37-10-9-36-11-12-38-15-16-40-19-20-42-23-24-44-27-28-46-31-32-48-35-7-5-4-6-8-35/h4-8,34H,3,9-33H2,1-2H3. The lowest BCUT2D eigenvalue weighted by Crippen LogP contribution is -2.15. The van der Waals surface area contributed by atoms with Gasteiger partial charge in [0.15, 0.2) is 0 Å². The van der Waals surface area contributed by atoms with Gasteiger partial charge in [-0.3, -0.25) is 0 Å². The van der Waals surface area contributed by atoms with Gasteiger partial charge in [0.25, 0.3) is 0 Å². The number of benzene rings is 1. The van der Waals surface area contributed by atoms with Gasteiger partial charge in [-0.2, -0.15) is 0 Å². The molecular formula is C35H64O13. The van der Waals surface area contributed by atoms with Gasteiger partial charge < -0.3 is 61.6 Å². The van der Waals surface area contributed by atoms with Crippen molar-refractivity contribution in [1.82, 2.24) is 0 Å². The molecule has 0 aliphatic rings. The molecule has 0 fully saturated rings. The minimum Gasteiger partial charge on any atom is -0.491 e. The van der Waals surface area contributed by atoms with E-state index in [1.54, 1.807) is 0 Å². The molecule has 1 aromatic carbocycles. The molecule has 1 aromatic rings. The molecule has 13 heteroatoms. The van der Waals surface area contributed by atoms with Crippen LogP contribution in [0.1, 0.15) is 20.3 Å². The van der Waals surface area contributed by atoms with E-state index in [2.05, 4.69) is 13.8 Å². The number of hydrogen-bond donors (Lipinski definition) is 0. The summed E-state index contributed by atoms with van der Waals surface area (Å²) in [6.07, 6.45) is 1.13. The summed E-state index contributed by atoms with van der Waals surface area (Å²) in [6.45, 7) is 17.8. The van der Waals surface area contributed by atoms with Crippen LogP contribution in [0.15, 0.2) is 30.3 Å². The van der Waals surface area contributed by atoms with Gasteiger partial charge in [-0.05, 0) is 18.1 Å². The van der Waals surface area contributed by atoms with Gasteiger partial charge in [-0.1, -0.05) is 38.5 Å². The number of rotatable bonds is 40. The number of para-hydroxylation sites is 1. The molecule has 0 bridgehead atoms. The van der Waals surface area contributed by atoms with Crippen molar-refractivity contribution in [2.75, 3.05) is 165 Å². The third kappa shape index (κ3) is 34.4. The summed E-state index contributed by atoms with van der Waals surface area (Å²) in [5.41, 5.74) is 0. The van der Waals surface area contributed by atoms with E-state index in [0.717, 1.165) is 18.8 Å². The fourth-order valence-corrected chi connectivity index (χ4v) is 3.56. The van der Waals surface area contributed by atoms with Crippen LogP contribution in [0.3, 0.4) is 0 Å². The highest BCUT2D eigenvalue weighted by Gasteiger charge is 1.99. The van der Waals surface area contributed by atoms with Crippen LogP contribution in [0.2, 0.25) is 0 Å². The molecule has 1 atom stereocenters. The van der Waals surface area contributed by atoms with Crippen LogP contribution < -0.4 is 4.74 Å². The van der Waals surface area contributed by atoms with Crippen LogP contribution in [0.4, 0.5) is 0 Å². The van der Waals surface area contributed by atoms with Crippen LogP contribution >= 0.6 is 0 Å². The molecule has 0 aliphatic heterocycles. The van der Waals surface area contributed by atoms with Crippen molar-refractivity contribution in [3.63, 3.8) is 0 Å². The smallest absolute Gasteiger partial charge is 0.119 e. The largest absolute Gasteiger partial charge is 0.491 e. The molecule has 282 valence electrons. The highest BCUT2D eigenvalue weighted by atomic mass is 16.6.